The summed E-state index contributed by atoms with van der Waals surface area (Å²) in [6, 6.07) is 8.47. The van der Waals surface area contributed by atoms with Crippen LogP contribution >= 0.6 is 12.4 Å². The average molecular weight is 360 g/mol. The molecule has 1 aliphatic rings. The molecule has 1 aromatic rings. The van der Waals surface area contributed by atoms with Crippen molar-refractivity contribution in [3.8, 4) is 6.07 Å². The minimum Gasteiger partial charge on any atom is -0.381 e. The van der Waals surface area contributed by atoms with Crippen molar-refractivity contribution in [3.63, 3.8) is 0 Å². The van der Waals surface area contributed by atoms with Gasteiger partial charge < -0.3 is 10.5 Å². The third-order valence-corrected chi connectivity index (χ3v) is 5.88. The second kappa shape index (κ2) is 8.62. The van der Waals surface area contributed by atoms with Crippen LogP contribution in [0.5, 0.6) is 0 Å². The van der Waals surface area contributed by atoms with Gasteiger partial charge in [-0.2, -0.15) is 9.57 Å². The average Bonchev–Trinajstić information content (AvgIpc) is 2.53. The number of nitriles is 1. The highest BCUT2D eigenvalue weighted by atomic mass is 35.5. The van der Waals surface area contributed by atoms with Crippen LogP contribution in [0.3, 0.4) is 0 Å². The van der Waals surface area contributed by atoms with E-state index in [0.717, 1.165) is 0 Å². The van der Waals surface area contributed by atoms with Crippen LogP contribution in [-0.4, -0.2) is 45.1 Å². The molecule has 128 valence electrons. The monoisotopic (exact) mass is 359 g/mol. The molecule has 8 heteroatoms. The Bertz CT molecular complexity index is 660. The van der Waals surface area contributed by atoms with E-state index in [2.05, 4.69) is 0 Å². The Morgan fingerprint density at radius 3 is 2.83 bits per heavy atom. The van der Waals surface area contributed by atoms with E-state index in [1.165, 1.54) is 4.31 Å². The molecule has 2 unspecified atom stereocenters. The lowest BCUT2D eigenvalue weighted by molar-refractivity contribution is 0.0401. The highest BCUT2D eigenvalue weighted by Crippen LogP contribution is 2.24. The first kappa shape index (κ1) is 19.9. The molecule has 2 atom stereocenters. The number of nitrogens with zero attached hydrogens (tertiary/aromatic N) is 2. The van der Waals surface area contributed by atoms with Gasteiger partial charge >= 0.3 is 0 Å². The molecule has 0 amide bonds. The summed E-state index contributed by atoms with van der Waals surface area (Å²) in [4.78, 5) is 0. The molecular formula is C15H22ClN3O3S. The van der Waals surface area contributed by atoms with Crippen LogP contribution in [0.2, 0.25) is 0 Å². The number of nitrogens with two attached hydrogens (primary N) is 1. The summed E-state index contributed by atoms with van der Waals surface area (Å²) in [7, 11) is -1.83. The van der Waals surface area contributed by atoms with Crippen LogP contribution in [0.1, 0.15) is 24.0 Å². The van der Waals surface area contributed by atoms with Crippen LogP contribution in [0.4, 0.5) is 0 Å². The number of sulfonamides is 1. The fourth-order valence-corrected chi connectivity index (χ4v) is 4.59. The number of benzene rings is 1. The van der Waals surface area contributed by atoms with E-state index in [1.807, 2.05) is 6.07 Å². The maximum Gasteiger partial charge on any atom is 0.218 e. The smallest absolute Gasteiger partial charge is 0.218 e. The minimum atomic E-state index is -3.47. The zero-order valence-electron chi connectivity index (χ0n) is 13.0. The van der Waals surface area contributed by atoms with Gasteiger partial charge in [0.25, 0.3) is 0 Å². The number of hydrogen-bond acceptors (Lipinski definition) is 5. The van der Waals surface area contributed by atoms with Crippen molar-refractivity contribution in [2.24, 2.45) is 5.73 Å². The number of methoxy groups -OCH3 is 1. The van der Waals surface area contributed by atoms with Gasteiger partial charge in [0.2, 0.25) is 10.0 Å². The first-order valence-electron chi connectivity index (χ1n) is 7.21. The Morgan fingerprint density at radius 2 is 2.22 bits per heavy atom. The van der Waals surface area contributed by atoms with Gasteiger partial charge in [-0.1, -0.05) is 12.1 Å². The normalized spacial score (nSPS) is 22.1. The first-order valence-corrected chi connectivity index (χ1v) is 8.82. The van der Waals surface area contributed by atoms with Gasteiger partial charge in [0, 0.05) is 26.2 Å². The lowest BCUT2D eigenvalue weighted by Crippen LogP contribution is -2.51. The Morgan fingerprint density at radius 1 is 1.48 bits per heavy atom. The predicted octanol–water partition coefficient (Wildman–Crippen LogP) is 1.25. The summed E-state index contributed by atoms with van der Waals surface area (Å²) in [6.07, 6.45) is 1.34. The molecule has 1 saturated heterocycles. The number of halogens is 1. The van der Waals surface area contributed by atoms with E-state index >= 15 is 0 Å². The predicted molar refractivity (Wildman–Crippen MR) is 90.6 cm³/mol. The van der Waals surface area contributed by atoms with Crippen molar-refractivity contribution in [2.75, 3.05) is 20.2 Å². The summed E-state index contributed by atoms with van der Waals surface area (Å²) < 4.78 is 32.1. The van der Waals surface area contributed by atoms with Crippen molar-refractivity contribution in [1.29, 1.82) is 5.26 Å². The molecule has 2 N–H and O–H groups in total. The van der Waals surface area contributed by atoms with Gasteiger partial charge in [0.05, 0.1) is 23.5 Å². The summed E-state index contributed by atoms with van der Waals surface area (Å²) in [6.45, 7) is 0.692. The maximum absolute atomic E-state index is 12.7. The minimum absolute atomic E-state index is 0. The van der Waals surface area contributed by atoms with Gasteiger partial charge in [0.15, 0.2) is 0 Å². The van der Waals surface area contributed by atoms with E-state index in [1.54, 1.807) is 31.4 Å². The molecule has 23 heavy (non-hydrogen) atoms. The Labute approximate surface area is 143 Å². The van der Waals surface area contributed by atoms with E-state index in [4.69, 9.17) is 15.7 Å². The Kier molecular flexibility index (Phi) is 7.45. The van der Waals surface area contributed by atoms with Crippen molar-refractivity contribution in [3.05, 3.63) is 35.4 Å². The molecule has 6 nitrogen and oxygen atoms in total. The fraction of sp³-hybridized carbons (Fsp3) is 0.533. The van der Waals surface area contributed by atoms with E-state index in [9.17, 15) is 8.42 Å². The molecule has 2 rings (SSSR count). The van der Waals surface area contributed by atoms with Gasteiger partial charge in [-0.3, -0.25) is 0 Å². The van der Waals surface area contributed by atoms with Crippen LogP contribution in [-0.2, 0) is 20.5 Å². The summed E-state index contributed by atoms with van der Waals surface area (Å²) in [5.74, 6) is -0.114. The van der Waals surface area contributed by atoms with Crippen molar-refractivity contribution >= 4 is 22.4 Å². The second-order valence-electron chi connectivity index (χ2n) is 5.45. The number of piperidine rings is 1. The van der Waals surface area contributed by atoms with E-state index in [-0.39, 0.29) is 36.9 Å². The SMILES string of the molecule is COC1CCN(S(=O)(=O)Cc2cccc(C#N)c2)C(CN)C1.Cl. The van der Waals surface area contributed by atoms with Crippen LogP contribution < -0.4 is 5.73 Å². The molecule has 1 aliphatic heterocycles. The highest BCUT2D eigenvalue weighted by Gasteiger charge is 2.35. The highest BCUT2D eigenvalue weighted by molar-refractivity contribution is 7.88. The zero-order chi connectivity index (χ0) is 16.2. The topological polar surface area (TPSA) is 96.4 Å². The summed E-state index contributed by atoms with van der Waals surface area (Å²) in [5, 5.41) is 8.91. The Hall–Kier alpha value is -1.17. The van der Waals surface area contributed by atoms with Gasteiger partial charge in [0.1, 0.15) is 0 Å². The van der Waals surface area contributed by atoms with Gasteiger partial charge in [-0.05, 0) is 30.5 Å². The van der Waals surface area contributed by atoms with E-state index in [0.29, 0.717) is 30.5 Å². The van der Waals surface area contributed by atoms with Gasteiger partial charge in [-0.15, -0.1) is 12.4 Å². The Balaban J connectivity index is 0.00000264. The molecule has 1 heterocycles. The van der Waals surface area contributed by atoms with Crippen LogP contribution in [0.25, 0.3) is 0 Å². The van der Waals surface area contributed by atoms with Crippen LogP contribution in [0.15, 0.2) is 24.3 Å². The largest absolute Gasteiger partial charge is 0.381 e. The zero-order valence-corrected chi connectivity index (χ0v) is 14.6. The quantitative estimate of drug-likeness (QED) is 0.853. The number of ether oxygens (including phenoxy) is 1. The second-order valence-corrected chi connectivity index (χ2v) is 7.37. The fourth-order valence-electron chi connectivity index (χ4n) is 2.81. The molecule has 1 aromatic carbocycles. The number of rotatable bonds is 5. The molecule has 0 saturated carbocycles. The summed E-state index contributed by atoms with van der Waals surface area (Å²) >= 11 is 0. The van der Waals surface area contributed by atoms with E-state index < -0.39 is 10.0 Å². The molecule has 0 spiro atoms. The molecule has 1 fully saturated rings. The third kappa shape index (κ3) is 4.90. The first-order chi connectivity index (χ1) is 10.5. The van der Waals surface area contributed by atoms with Gasteiger partial charge in [-0.25, -0.2) is 8.42 Å². The maximum atomic E-state index is 12.7. The molecule has 0 radical (unpaired) electrons. The van der Waals surface area contributed by atoms with Crippen molar-refractivity contribution in [2.45, 2.75) is 30.7 Å². The van der Waals surface area contributed by atoms with Crippen molar-refractivity contribution < 1.29 is 13.2 Å². The number of hydrogen-bond donors (Lipinski definition) is 1. The summed E-state index contributed by atoms with van der Waals surface area (Å²) in [5.41, 5.74) is 6.82. The van der Waals surface area contributed by atoms with Crippen LogP contribution in [0, 0.1) is 11.3 Å². The molecule has 0 aliphatic carbocycles. The lowest BCUT2D eigenvalue weighted by Gasteiger charge is -2.37. The molecule has 0 bridgehead atoms. The standard InChI is InChI=1S/C15H21N3O3S.ClH/c1-21-15-5-6-18(14(8-15)10-17)22(19,20)11-13-4-2-3-12(7-13)9-16;/h2-4,7,14-15H,5-6,8,10-11,17H2,1H3;1H. The lowest BCUT2D eigenvalue weighted by atomic mass is 10.0. The van der Waals surface area contributed by atoms with Crippen molar-refractivity contribution in [1.82, 2.24) is 4.31 Å². The molecule has 0 aromatic heterocycles. The third-order valence-electron chi connectivity index (χ3n) is 3.98. The molecular weight excluding hydrogens is 338 g/mol.